The minimum Gasteiger partial charge on any atom is -0.506 e. The van der Waals surface area contributed by atoms with Crippen LogP contribution in [0.4, 0.5) is 5.69 Å². The zero-order valence-corrected chi connectivity index (χ0v) is 10.4. The molecule has 0 aliphatic heterocycles. The fourth-order valence-electron chi connectivity index (χ4n) is 1.40. The molecular weight excluding hydrogens is 234 g/mol. The number of carboxylic acid groups (broad SMARTS) is 1. The number of aromatic hydroxyl groups is 1. The SMILES string of the molecule is CC(C)CCC(=O)Nc1ccc(C(=O)O)cc1O. The van der Waals surface area contributed by atoms with Crippen LogP contribution in [0.1, 0.15) is 37.0 Å². The third-order valence-corrected chi connectivity index (χ3v) is 2.47. The molecule has 1 amide bonds. The number of carbonyl (C=O) groups is 2. The molecule has 0 saturated carbocycles. The standard InChI is InChI=1S/C13H17NO4/c1-8(2)3-6-12(16)14-10-5-4-9(13(17)18)7-11(10)15/h4-5,7-8,15H,3,6H2,1-2H3,(H,14,16)(H,17,18). The van der Waals surface area contributed by atoms with Crippen molar-refractivity contribution in [1.82, 2.24) is 0 Å². The summed E-state index contributed by atoms with van der Waals surface area (Å²) in [5.41, 5.74) is 0.210. The molecule has 0 fully saturated rings. The van der Waals surface area contributed by atoms with Crippen LogP contribution in [0.25, 0.3) is 0 Å². The maximum atomic E-state index is 11.5. The molecule has 18 heavy (non-hydrogen) atoms. The van der Waals surface area contributed by atoms with E-state index in [1.54, 1.807) is 0 Å². The third-order valence-electron chi connectivity index (χ3n) is 2.47. The minimum atomic E-state index is -1.12. The fourth-order valence-corrected chi connectivity index (χ4v) is 1.40. The van der Waals surface area contributed by atoms with Gasteiger partial charge >= 0.3 is 5.97 Å². The summed E-state index contributed by atoms with van der Waals surface area (Å²) < 4.78 is 0. The van der Waals surface area contributed by atoms with Gasteiger partial charge in [0.1, 0.15) is 5.75 Å². The van der Waals surface area contributed by atoms with Crippen LogP contribution in [0.15, 0.2) is 18.2 Å². The van der Waals surface area contributed by atoms with E-state index in [1.807, 2.05) is 13.8 Å². The first-order valence-electron chi connectivity index (χ1n) is 5.76. The second-order valence-corrected chi connectivity index (χ2v) is 4.52. The molecule has 0 aromatic heterocycles. The number of benzene rings is 1. The number of carboxylic acids is 1. The summed E-state index contributed by atoms with van der Waals surface area (Å²) >= 11 is 0. The number of phenols is 1. The molecule has 0 saturated heterocycles. The summed E-state index contributed by atoms with van der Waals surface area (Å²) in [5, 5.41) is 20.9. The van der Waals surface area contributed by atoms with Gasteiger partial charge in [-0.1, -0.05) is 13.8 Å². The number of rotatable bonds is 5. The predicted molar refractivity (Wildman–Crippen MR) is 67.8 cm³/mol. The van der Waals surface area contributed by atoms with Crippen molar-refractivity contribution >= 4 is 17.6 Å². The van der Waals surface area contributed by atoms with Crippen LogP contribution >= 0.6 is 0 Å². The van der Waals surface area contributed by atoms with Crippen LogP contribution in [0.2, 0.25) is 0 Å². The second kappa shape index (κ2) is 6.05. The van der Waals surface area contributed by atoms with Gasteiger partial charge in [0.2, 0.25) is 5.91 Å². The topological polar surface area (TPSA) is 86.6 Å². The van der Waals surface area contributed by atoms with Crippen LogP contribution < -0.4 is 5.32 Å². The Morgan fingerprint density at radius 3 is 2.50 bits per heavy atom. The van der Waals surface area contributed by atoms with Crippen molar-refractivity contribution in [3.8, 4) is 5.75 Å². The highest BCUT2D eigenvalue weighted by molar-refractivity contribution is 5.94. The Morgan fingerprint density at radius 1 is 1.33 bits per heavy atom. The van der Waals surface area contributed by atoms with Crippen LogP contribution in [0.5, 0.6) is 5.75 Å². The van der Waals surface area contributed by atoms with Crippen molar-refractivity contribution in [2.45, 2.75) is 26.7 Å². The Labute approximate surface area is 105 Å². The maximum Gasteiger partial charge on any atom is 0.335 e. The minimum absolute atomic E-state index is 0.0207. The third kappa shape index (κ3) is 4.08. The molecule has 3 N–H and O–H groups in total. The van der Waals surface area contributed by atoms with Gasteiger partial charge in [-0.05, 0) is 30.5 Å². The van der Waals surface area contributed by atoms with Gasteiger partial charge < -0.3 is 15.5 Å². The van der Waals surface area contributed by atoms with Crippen LogP contribution in [-0.2, 0) is 4.79 Å². The fraction of sp³-hybridized carbons (Fsp3) is 0.385. The summed E-state index contributed by atoms with van der Waals surface area (Å²) in [4.78, 5) is 22.2. The number of aromatic carboxylic acids is 1. The number of amides is 1. The predicted octanol–water partition coefficient (Wildman–Crippen LogP) is 2.47. The van der Waals surface area contributed by atoms with Crippen LogP contribution in [0.3, 0.4) is 0 Å². The highest BCUT2D eigenvalue weighted by Gasteiger charge is 2.10. The average Bonchev–Trinajstić information content (AvgIpc) is 2.29. The second-order valence-electron chi connectivity index (χ2n) is 4.52. The smallest absolute Gasteiger partial charge is 0.335 e. The highest BCUT2D eigenvalue weighted by Crippen LogP contribution is 2.24. The van der Waals surface area contributed by atoms with Crippen molar-refractivity contribution in [2.24, 2.45) is 5.92 Å². The lowest BCUT2D eigenvalue weighted by Gasteiger charge is -2.08. The average molecular weight is 251 g/mol. The molecule has 5 nitrogen and oxygen atoms in total. The summed E-state index contributed by atoms with van der Waals surface area (Å²) in [7, 11) is 0. The van der Waals surface area contributed by atoms with Crippen molar-refractivity contribution in [3.63, 3.8) is 0 Å². The van der Waals surface area contributed by atoms with Gasteiger partial charge in [-0.3, -0.25) is 4.79 Å². The molecule has 1 rings (SSSR count). The van der Waals surface area contributed by atoms with Crippen LogP contribution in [-0.4, -0.2) is 22.1 Å². The van der Waals surface area contributed by atoms with Gasteiger partial charge in [-0.25, -0.2) is 4.79 Å². The molecular formula is C13H17NO4. The van der Waals surface area contributed by atoms with Gasteiger partial charge in [-0.15, -0.1) is 0 Å². The van der Waals surface area contributed by atoms with Crippen LogP contribution in [0, 0.1) is 5.92 Å². The van der Waals surface area contributed by atoms with Crippen molar-refractivity contribution in [3.05, 3.63) is 23.8 Å². The maximum absolute atomic E-state index is 11.5. The lowest BCUT2D eigenvalue weighted by Crippen LogP contribution is -2.12. The Hall–Kier alpha value is -2.04. The molecule has 1 aromatic rings. The normalized spacial score (nSPS) is 10.4. The summed E-state index contributed by atoms with van der Waals surface area (Å²) in [6.07, 6.45) is 1.14. The zero-order chi connectivity index (χ0) is 13.7. The van der Waals surface area contributed by atoms with E-state index >= 15 is 0 Å². The summed E-state index contributed by atoms with van der Waals surface area (Å²) in [5.74, 6) is -1.13. The highest BCUT2D eigenvalue weighted by atomic mass is 16.4. The monoisotopic (exact) mass is 251 g/mol. The Kier molecular flexibility index (Phi) is 4.71. The molecule has 0 aliphatic carbocycles. The Bertz CT molecular complexity index is 454. The molecule has 0 aliphatic rings. The molecule has 98 valence electrons. The van der Waals surface area contributed by atoms with E-state index in [1.165, 1.54) is 12.1 Å². The molecule has 0 spiro atoms. The molecule has 0 unspecified atom stereocenters. The number of anilines is 1. The lowest BCUT2D eigenvalue weighted by molar-refractivity contribution is -0.116. The molecule has 0 radical (unpaired) electrons. The Balaban J connectivity index is 2.68. The molecule has 0 bridgehead atoms. The number of hydrogen-bond donors (Lipinski definition) is 3. The van der Waals surface area contributed by atoms with E-state index in [0.29, 0.717) is 12.3 Å². The van der Waals surface area contributed by atoms with E-state index in [4.69, 9.17) is 5.11 Å². The summed E-state index contributed by atoms with van der Waals surface area (Å²) in [6, 6.07) is 3.83. The first-order valence-corrected chi connectivity index (χ1v) is 5.76. The number of nitrogens with one attached hydrogen (secondary N) is 1. The van der Waals surface area contributed by atoms with Gasteiger partial charge in [0, 0.05) is 6.42 Å². The van der Waals surface area contributed by atoms with Crippen molar-refractivity contribution < 1.29 is 19.8 Å². The number of carbonyl (C=O) groups excluding carboxylic acids is 1. The molecule has 5 heteroatoms. The van der Waals surface area contributed by atoms with Gasteiger partial charge in [0.15, 0.2) is 0 Å². The molecule has 1 aromatic carbocycles. The number of phenolic OH excluding ortho intramolecular Hbond substituents is 1. The van der Waals surface area contributed by atoms with E-state index in [2.05, 4.69) is 5.32 Å². The quantitative estimate of drug-likeness (QED) is 0.701. The molecule has 0 heterocycles. The van der Waals surface area contributed by atoms with Crippen molar-refractivity contribution in [2.75, 3.05) is 5.32 Å². The van der Waals surface area contributed by atoms with E-state index in [-0.39, 0.29) is 22.9 Å². The Morgan fingerprint density at radius 2 is 2.00 bits per heavy atom. The number of hydrogen-bond acceptors (Lipinski definition) is 3. The lowest BCUT2D eigenvalue weighted by atomic mass is 10.1. The molecule has 0 atom stereocenters. The van der Waals surface area contributed by atoms with Gasteiger partial charge in [0.05, 0.1) is 11.3 Å². The van der Waals surface area contributed by atoms with Gasteiger partial charge in [0.25, 0.3) is 0 Å². The van der Waals surface area contributed by atoms with E-state index in [0.717, 1.165) is 12.5 Å². The van der Waals surface area contributed by atoms with E-state index in [9.17, 15) is 14.7 Å². The van der Waals surface area contributed by atoms with Gasteiger partial charge in [-0.2, -0.15) is 0 Å². The van der Waals surface area contributed by atoms with E-state index < -0.39 is 5.97 Å². The zero-order valence-electron chi connectivity index (χ0n) is 10.4. The summed E-state index contributed by atoms with van der Waals surface area (Å²) in [6.45, 7) is 4.04. The van der Waals surface area contributed by atoms with Crippen molar-refractivity contribution in [1.29, 1.82) is 0 Å². The largest absolute Gasteiger partial charge is 0.506 e. The first kappa shape index (κ1) is 14.0. The first-order chi connectivity index (χ1) is 8.40.